The fourth-order valence-electron chi connectivity index (χ4n) is 4.87. The smallest absolute Gasteiger partial charge is 0.229 e. The van der Waals surface area contributed by atoms with E-state index in [1.807, 2.05) is 18.2 Å². The predicted molar refractivity (Wildman–Crippen MR) is 140 cm³/mol. The second kappa shape index (κ2) is 8.99. The molecule has 184 valence electrons. The molecule has 0 unspecified atom stereocenters. The van der Waals surface area contributed by atoms with Crippen molar-refractivity contribution in [3.8, 4) is 16.9 Å². The van der Waals surface area contributed by atoms with Gasteiger partial charge in [0.05, 0.1) is 23.5 Å². The number of hydrogen-bond donors (Lipinski definition) is 1. The zero-order valence-corrected chi connectivity index (χ0v) is 21.7. The molecule has 7 nitrogen and oxygen atoms in total. The van der Waals surface area contributed by atoms with Gasteiger partial charge in [-0.3, -0.25) is 4.72 Å². The van der Waals surface area contributed by atoms with E-state index < -0.39 is 10.0 Å². The van der Waals surface area contributed by atoms with E-state index in [1.165, 1.54) is 5.56 Å². The average Bonchev–Trinajstić information content (AvgIpc) is 3.00. The van der Waals surface area contributed by atoms with Gasteiger partial charge in [0.25, 0.3) is 0 Å². The van der Waals surface area contributed by atoms with Crippen molar-refractivity contribution in [2.75, 3.05) is 29.0 Å². The third kappa shape index (κ3) is 5.23. The summed E-state index contributed by atoms with van der Waals surface area (Å²) in [5.74, 6) is 1.85. The summed E-state index contributed by atoms with van der Waals surface area (Å²) in [6, 6.07) is 11.4. The van der Waals surface area contributed by atoms with Crippen LogP contribution in [-0.4, -0.2) is 37.8 Å². The molecule has 1 aliphatic carbocycles. The van der Waals surface area contributed by atoms with Crippen LogP contribution in [0.25, 0.3) is 11.1 Å². The number of hydrogen-bond acceptors (Lipinski definition) is 6. The van der Waals surface area contributed by atoms with E-state index in [4.69, 9.17) is 21.3 Å². The third-order valence-corrected chi connectivity index (χ3v) is 7.56. The minimum absolute atomic E-state index is 0.228. The van der Waals surface area contributed by atoms with Gasteiger partial charge in [0, 0.05) is 23.4 Å². The van der Waals surface area contributed by atoms with Crippen molar-refractivity contribution in [2.45, 2.75) is 39.7 Å². The molecule has 5 rings (SSSR count). The van der Waals surface area contributed by atoms with Gasteiger partial charge in [-0.2, -0.15) is 0 Å². The zero-order valence-electron chi connectivity index (χ0n) is 20.1. The molecule has 3 aromatic rings. The number of aryl methyl sites for hydroxylation is 1. The summed E-state index contributed by atoms with van der Waals surface area (Å²) in [5, 5.41) is 0.347. The second-order valence-electron chi connectivity index (χ2n) is 10.1. The molecule has 0 spiro atoms. The van der Waals surface area contributed by atoms with Crippen LogP contribution >= 0.6 is 11.6 Å². The summed E-state index contributed by atoms with van der Waals surface area (Å²) in [6.07, 6.45) is 5.85. The number of nitrogens with one attached hydrogen (secondary N) is 1. The van der Waals surface area contributed by atoms with Crippen LogP contribution in [0.3, 0.4) is 0 Å². The van der Waals surface area contributed by atoms with Gasteiger partial charge in [-0.1, -0.05) is 37.6 Å². The highest BCUT2D eigenvalue weighted by Gasteiger charge is 2.30. The molecule has 1 aromatic heterocycles. The van der Waals surface area contributed by atoms with Gasteiger partial charge in [0.1, 0.15) is 24.5 Å². The Morgan fingerprint density at radius 2 is 1.89 bits per heavy atom. The summed E-state index contributed by atoms with van der Waals surface area (Å²) in [5.41, 5.74) is 5.85. The maximum atomic E-state index is 11.7. The number of ether oxygens (including phenoxy) is 1. The van der Waals surface area contributed by atoms with E-state index in [9.17, 15) is 8.42 Å². The third-order valence-electron chi connectivity index (χ3n) is 6.64. The van der Waals surface area contributed by atoms with Crippen molar-refractivity contribution < 1.29 is 13.2 Å². The van der Waals surface area contributed by atoms with Crippen LogP contribution in [0.4, 0.5) is 11.5 Å². The number of benzene rings is 2. The van der Waals surface area contributed by atoms with Crippen molar-refractivity contribution >= 4 is 33.1 Å². The van der Waals surface area contributed by atoms with E-state index in [0.717, 1.165) is 66.0 Å². The SMILES string of the molecule is CC1(C)CCc2ncnc(N3CCOc4ccc(-c5ccc(Cl)c(NS(C)(=O)=O)c5)cc4C3)c2C1. The van der Waals surface area contributed by atoms with E-state index >= 15 is 0 Å². The standard InChI is InChI=1S/C26H29ClN4O3S/c1-26(2)9-8-22-20(14-26)25(29-16-28-22)31-10-11-34-24-7-5-17(12-19(24)15-31)18-4-6-21(27)23(13-18)30-35(3,32)33/h4-7,12-13,16,30H,8-11,14-15H2,1-3H3. The molecule has 0 saturated carbocycles. The lowest BCUT2D eigenvalue weighted by Crippen LogP contribution is -2.31. The van der Waals surface area contributed by atoms with Crippen LogP contribution in [0.2, 0.25) is 5.02 Å². The molecule has 0 amide bonds. The topological polar surface area (TPSA) is 84.4 Å². The first-order valence-corrected chi connectivity index (χ1v) is 14.0. The van der Waals surface area contributed by atoms with Gasteiger partial charge in [-0.05, 0) is 60.1 Å². The second-order valence-corrected chi connectivity index (χ2v) is 12.3. The maximum Gasteiger partial charge on any atom is 0.229 e. The highest BCUT2D eigenvalue weighted by Crippen LogP contribution is 2.39. The Labute approximate surface area is 211 Å². The molecule has 0 radical (unpaired) electrons. The lowest BCUT2D eigenvalue weighted by Gasteiger charge is -2.33. The monoisotopic (exact) mass is 512 g/mol. The van der Waals surface area contributed by atoms with Crippen LogP contribution in [0.5, 0.6) is 5.75 Å². The van der Waals surface area contributed by atoms with E-state index in [1.54, 1.807) is 18.5 Å². The number of sulfonamides is 1. The predicted octanol–water partition coefficient (Wildman–Crippen LogP) is 5.08. The molecule has 35 heavy (non-hydrogen) atoms. The zero-order chi connectivity index (χ0) is 24.8. The molecule has 0 atom stereocenters. The van der Waals surface area contributed by atoms with Crippen LogP contribution in [0.1, 0.15) is 37.1 Å². The molecule has 2 heterocycles. The fraction of sp³-hybridized carbons (Fsp3) is 0.385. The van der Waals surface area contributed by atoms with Crippen molar-refractivity contribution in [1.29, 1.82) is 0 Å². The Hall–Kier alpha value is -2.84. The van der Waals surface area contributed by atoms with Crippen molar-refractivity contribution in [1.82, 2.24) is 9.97 Å². The van der Waals surface area contributed by atoms with Crippen LogP contribution in [0, 0.1) is 5.41 Å². The van der Waals surface area contributed by atoms with Crippen LogP contribution < -0.4 is 14.4 Å². The Kier molecular flexibility index (Phi) is 6.13. The minimum Gasteiger partial charge on any atom is -0.491 e. The quantitative estimate of drug-likeness (QED) is 0.524. The molecular formula is C26H29ClN4O3S. The van der Waals surface area contributed by atoms with E-state index in [-0.39, 0.29) is 5.41 Å². The molecule has 2 aromatic carbocycles. The van der Waals surface area contributed by atoms with E-state index in [0.29, 0.717) is 23.9 Å². The van der Waals surface area contributed by atoms with Gasteiger partial charge in [0.15, 0.2) is 0 Å². The largest absolute Gasteiger partial charge is 0.491 e. The van der Waals surface area contributed by atoms with Crippen molar-refractivity contribution in [2.24, 2.45) is 5.41 Å². The Balaban J connectivity index is 1.49. The van der Waals surface area contributed by atoms with Crippen molar-refractivity contribution in [3.63, 3.8) is 0 Å². The first-order valence-electron chi connectivity index (χ1n) is 11.7. The Bertz CT molecular complexity index is 1390. The summed E-state index contributed by atoms with van der Waals surface area (Å²) >= 11 is 6.23. The van der Waals surface area contributed by atoms with Gasteiger partial charge in [0.2, 0.25) is 10.0 Å². The van der Waals surface area contributed by atoms with Crippen molar-refractivity contribution in [3.05, 3.63) is 64.6 Å². The van der Waals surface area contributed by atoms with Gasteiger partial charge in [-0.15, -0.1) is 0 Å². The molecule has 1 aliphatic heterocycles. The molecule has 9 heteroatoms. The van der Waals surface area contributed by atoms with Crippen LogP contribution in [-0.2, 0) is 29.4 Å². The molecule has 2 aliphatic rings. The lowest BCUT2D eigenvalue weighted by molar-refractivity contribution is 0.310. The molecule has 0 fully saturated rings. The molecule has 0 saturated heterocycles. The fourth-order valence-corrected chi connectivity index (χ4v) is 5.66. The number of fused-ring (bicyclic) bond motifs is 2. The first-order chi connectivity index (χ1) is 16.6. The highest BCUT2D eigenvalue weighted by molar-refractivity contribution is 7.92. The number of anilines is 2. The summed E-state index contributed by atoms with van der Waals surface area (Å²) in [6.45, 7) is 6.57. The van der Waals surface area contributed by atoms with Gasteiger partial charge >= 0.3 is 0 Å². The summed E-state index contributed by atoms with van der Waals surface area (Å²) in [7, 11) is -3.44. The average molecular weight is 513 g/mol. The first kappa shape index (κ1) is 23.9. The normalized spacial score (nSPS) is 17.1. The summed E-state index contributed by atoms with van der Waals surface area (Å²) < 4.78 is 32.1. The maximum absolute atomic E-state index is 11.7. The highest BCUT2D eigenvalue weighted by atomic mass is 35.5. The Morgan fingerprint density at radius 1 is 1.11 bits per heavy atom. The number of aromatic nitrogens is 2. The minimum atomic E-state index is -3.44. The summed E-state index contributed by atoms with van der Waals surface area (Å²) in [4.78, 5) is 11.6. The Morgan fingerprint density at radius 3 is 2.69 bits per heavy atom. The molecule has 0 bridgehead atoms. The molecular weight excluding hydrogens is 484 g/mol. The number of halogens is 1. The number of nitrogens with zero attached hydrogens (tertiary/aromatic N) is 3. The van der Waals surface area contributed by atoms with Crippen LogP contribution in [0.15, 0.2) is 42.7 Å². The van der Waals surface area contributed by atoms with Gasteiger partial charge in [-0.25, -0.2) is 18.4 Å². The molecule has 1 N–H and O–H groups in total. The van der Waals surface area contributed by atoms with Gasteiger partial charge < -0.3 is 9.64 Å². The lowest BCUT2D eigenvalue weighted by atomic mass is 9.76. The van der Waals surface area contributed by atoms with E-state index in [2.05, 4.69) is 34.5 Å². The number of rotatable bonds is 4.